The van der Waals surface area contributed by atoms with E-state index in [9.17, 15) is 9.50 Å². The summed E-state index contributed by atoms with van der Waals surface area (Å²) in [7, 11) is 0. The van der Waals surface area contributed by atoms with E-state index in [4.69, 9.17) is 0 Å². The van der Waals surface area contributed by atoms with Gasteiger partial charge in [-0.3, -0.25) is 9.88 Å². The molecule has 130 valence electrons. The number of hydrogen-bond donors (Lipinski definition) is 1. The van der Waals surface area contributed by atoms with Crippen molar-refractivity contribution in [1.82, 2.24) is 9.88 Å². The SMILES string of the molecule is Cc1cc(-c2ccc(CO)c(CN(C(C)C)C(C)C)c2)c(F)cn1. The Morgan fingerprint density at radius 1 is 1.08 bits per heavy atom. The van der Waals surface area contributed by atoms with Crippen LogP contribution in [-0.2, 0) is 13.2 Å². The number of aliphatic hydroxyl groups excluding tert-OH is 1. The van der Waals surface area contributed by atoms with E-state index in [0.29, 0.717) is 17.6 Å². The minimum Gasteiger partial charge on any atom is -0.392 e. The lowest BCUT2D eigenvalue weighted by atomic mass is 9.98. The van der Waals surface area contributed by atoms with Crippen molar-refractivity contribution in [2.45, 2.75) is 59.9 Å². The number of aliphatic hydroxyl groups is 1. The quantitative estimate of drug-likeness (QED) is 0.857. The molecule has 0 saturated heterocycles. The first-order chi connectivity index (χ1) is 11.3. The Morgan fingerprint density at radius 3 is 2.33 bits per heavy atom. The van der Waals surface area contributed by atoms with Crippen LogP contribution in [0.4, 0.5) is 4.39 Å². The van der Waals surface area contributed by atoms with Crippen LogP contribution in [0.15, 0.2) is 30.5 Å². The smallest absolute Gasteiger partial charge is 0.149 e. The molecule has 0 aliphatic heterocycles. The van der Waals surface area contributed by atoms with E-state index < -0.39 is 0 Å². The highest BCUT2D eigenvalue weighted by Gasteiger charge is 2.17. The highest BCUT2D eigenvalue weighted by molar-refractivity contribution is 5.65. The third-order valence-corrected chi connectivity index (χ3v) is 4.36. The highest BCUT2D eigenvalue weighted by Crippen LogP contribution is 2.27. The zero-order valence-corrected chi connectivity index (χ0v) is 15.2. The summed E-state index contributed by atoms with van der Waals surface area (Å²) >= 11 is 0. The van der Waals surface area contributed by atoms with Gasteiger partial charge in [0.15, 0.2) is 0 Å². The lowest BCUT2D eigenvalue weighted by Gasteiger charge is -2.31. The predicted octanol–water partition coefficient (Wildman–Crippen LogP) is 4.31. The van der Waals surface area contributed by atoms with E-state index in [2.05, 4.69) is 37.6 Å². The van der Waals surface area contributed by atoms with Gasteiger partial charge < -0.3 is 5.11 Å². The first-order valence-electron chi connectivity index (χ1n) is 8.44. The molecular formula is C20H27FN2O. The van der Waals surface area contributed by atoms with Crippen LogP contribution in [0.25, 0.3) is 11.1 Å². The molecule has 2 rings (SSSR count). The fraction of sp³-hybridized carbons (Fsp3) is 0.450. The molecule has 0 aliphatic carbocycles. The summed E-state index contributed by atoms with van der Waals surface area (Å²) < 4.78 is 14.2. The first-order valence-corrected chi connectivity index (χ1v) is 8.44. The molecule has 24 heavy (non-hydrogen) atoms. The van der Waals surface area contributed by atoms with Crippen molar-refractivity contribution in [3.05, 3.63) is 53.1 Å². The molecule has 0 spiro atoms. The summed E-state index contributed by atoms with van der Waals surface area (Å²) in [6, 6.07) is 8.28. The molecule has 0 radical (unpaired) electrons. The molecule has 0 saturated carbocycles. The van der Waals surface area contributed by atoms with E-state index in [1.165, 1.54) is 6.20 Å². The average molecular weight is 330 g/mol. The van der Waals surface area contributed by atoms with Gasteiger partial charge in [0.2, 0.25) is 0 Å². The molecular weight excluding hydrogens is 303 g/mol. The van der Waals surface area contributed by atoms with Gasteiger partial charge in [0.25, 0.3) is 0 Å². The number of nitrogens with zero attached hydrogens (tertiary/aromatic N) is 2. The number of pyridine rings is 1. The Morgan fingerprint density at radius 2 is 1.75 bits per heavy atom. The molecule has 2 aromatic rings. The molecule has 0 aliphatic rings. The van der Waals surface area contributed by atoms with Crippen molar-refractivity contribution in [2.75, 3.05) is 0 Å². The van der Waals surface area contributed by atoms with Gasteiger partial charge in [-0.2, -0.15) is 0 Å². The maximum Gasteiger partial charge on any atom is 0.149 e. The maximum absolute atomic E-state index is 14.2. The number of aryl methyl sites for hydroxylation is 1. The standard InChI is InChI=1S/C20H27FN2O/c1-13(2)23(14(3)4)11-18-9-16(6-7-17(18)12-24)19-8-15(5)22-10-20(19)21/h6-10,13-14,24H,11-12H2,1-5H3. The topological polar surface area (TPSA) is 36.4 Å². The number of rotatable bonds is 6. The molecule has 1 aromatic carbocycles. The van der Waals surface area contributed by atoms with Gasteiger partial charge in [0.05, 0.1) is 12.8 Å². The summed E-state index contributed by atoms with van der Waals surface area (Å²) in [5, 5.41) is 9.67. The zero-order chi connectivity index (χ0) is 17.9. The van der Waals surface area contributed by atoms with Gasteiger partial charge in [-0.15, -0.1) is 0 Å². The Balaban J connectivity index is 2.46. The van der Waals surface area contributed by atoms with E-state index in [1.807, 2.05) is 25.1 Å². The van der Waals surface area contributed by atoms with Gasteiger partial charge in [0, 0.05) is 29.9 Å². The molecule has 0 bridgehead atoms. The lowest BCUT2D eigenvalue weighted by Crippen LogP contribution is -2.36. The van der Waals surface area contributed by atoms with Gasteiger partial charge >= 0.3 is 0 Å². The molecule has 3 nitrogen and oxygen atoms in total. The normalized spacial score (nSPS) is 11.8. The Bertz CT molecular complexity index is 690. The van der Waals surface area contributed by atoms with Gasteiger partial charge in [-0.1, -0.05) is 12.1 Å². The molecule has 0 unspecified atom stereocenters. The van der Waals surface area contributed by atoms with Crippen molar-refractivity contribution in [2.24, 2.45) is 0 Å². The van der Waals surface area contributed by atoms with Gasteiger partial charge in [-0.25, -0.2) is 4.39 Å². The largest absolute Gasteiger partial charge is 0.392 e. The minimum absolute atomic E-state index is 0.0164. The Hall–Kier alpha value is -1.78. The van der Waals surface area contributed by atoms with Crippen LogP contribution >= 0.6 is 0 Å². The van der Waals surface area contributed by atoms with Crippen LogP contribution in [0.3, 0.4) is 0 Å². The van der Waals surface area contributed by atoms with Crippen LogP contribution in [0.2, 0.25) is 0 Å². The first kappa shape index (κ1) is 18.6. The van der Waals surface area contributed by atoms with Crippen molar-refractivity contribution in [1.29, 1.82) is 0 Å². The van der Waals surface area contributed by atoms with E-state index >= 15 is 0 Å². The minimum atomic E-state index is -0.326. The fourth-order valence-corrected chi connectivity index (χ4v) is 3.02. The van der Waals surface area contributed by atoms with Gasteiger partial charge in [-0.05, 0) is 63.4 Å². The monoisotopic (exact) mass is 330 g/mol. The third-order valence-electron chi connectivity index (χ3n) is 4.36. The summed E-state index contributed by atoms with van der Waals surface area (Å²) in [6.07, 6.45) is 1.26. The number of halogens is 1. The molecule has 4 heteroatoms. The summed E-state index contributed by atoms with van der Waals surface area (Å²) in [6.45, 7) is 11.2. The number of aromatic nitrogens is 1. The number of benzene rings is 1. The molecule has 1 N–H and O–H groups in total. The fourth-order valence-electron chi connectivity index (χ4n) is 3.02. The second-order valence-electron chi connectivity index (χ2n) is 6.81. The molecule has 0 fully saturated rings. The van der Waals surface area contributed by atoms with E-state index in [0.717, 1.165) is 28.9 Å². The molecule has 0 amide bonds. The summed E-state index contributed by atoms with van der Waals surface area (Å²) in [4.78, 5) is 6.35. The van der Waals surface area contributed by atoms with Crippen molar-refractivity contribution in [3.8, 4) is 11.1 Å². The maximum atomic E-state index is 14.2. The van der Waals surface area contributed by atoms with Crippen molar-refractivity contribution >= 4 is 0 Å². The van der Waals surface area contributed by atoms with Crippen LogP contribution in [0.5, 0.6) is 0 Å². The molecule has 1 heterocycles. The van der Waals surface area contributed by atoms with Crippen LogP contribution in [0, 0.1) is 12.7 Å². The predicted molar refractivity (Wildman–Crippen MR) is 96.1 cm³/mol. The Labute approximate surface area is 144 Å². The summed E-state index contributed by atoms with van der Waals surface area (Å²) in [5.74, 6) is -0.326. The van der Waals surface area contributed by atoms with Crippen molar-refractivity contribution < 1.29 is 9.50 Å². The molecule has 0 atom stereocenters. The van der Waals surface area contributed by atoms with E-state index in [1.54, 1.807) is 6.07 Å². The zero-order valence-electron chi connectivity index (χ0n) is 15.2. The second-order valence-corrected chi connectivity index (χ2v) is 6.81. The van der Waals surface area contributed by atoms with Crippen LogP contribution in [0.1, 0.15) is 44.5 Å². The van der Waals surface area contributed by atoms with Crippen molar-refractivity contribution in [3.63, 3.8) is 0 Å². The summed E-state index contributed by atoms with van der Waals surface area (Å²) in [5.41, 5.74) is 4.07. The lowest BCUT2D eigenvalue weighted by molar-refractivity contribution is 0.164. The highest BCUT2D eigenvalue weighted by atomic mass is 19.1. The molecule has 1 aromatic heterocycles. The van der Waals surface area contributed by atoms with Gasteiger partial charge in [0.1, 0.15) is 5.82 Å². The average Bonchev–Trinajstić information content (AvgIpc) is 2.54. The van der Waals surface area contributed by atoms with Crippen LogP contribution in [-0.4, -0.2) is 27.1 Å². The van der Waals surface area contributed by atoms with Crippen LogP contribution < -0.4 is 0 Å². The second kappa shape index (κ2) is 7.86. The third kappa shape index (κ3) is 4.19. The number of hydrogen-bond acceptors (Lipinski definition) is 3. The Kier molecular flexibility index (Phi) is 6.08. The van der Waals surface area contributed by atoms with E-state index in [-0.39, 0.29) is 12.4 Å².